The van der Waals surface area contributed by atoms with Crippen LogP contribution in [0.15, 0.2) is 42.5 Å². The summed E-state index contributed by atoms with van der Waals surface area (Å²) in [7, 11) is 0. The number of aryl methyl sites for hydroxylation is 1. The molecule has 0 spiro atoms. The highest BCUT2D eigenvalue weighted by molar-refractivity contribution is 6.00. The molecule has 0 bridgehead atoms. The number of nitrogen functional groups attached to an aromatic ring is 1. The number of hydrogen-bond acceptors (Lipinski definition) is 3. The summed E-state index contributed by atoms with van der Waals surface area (Å²) in [6.07, 6.45) is 1.94. The second-order valence-electron chi connectivity index (χ2n) is 6.15. The minimum absolute atomic E-state index is 0.0147. The zero-order valence-electron chi connectivity index (χ0n) is 14.3. The Morgan fingerprint density at radius 1 is 1.12 bits per heavy atom. The van der Waals surface area contributed by atoms with E-state index in [1.165, 1.54) is 11.1 Å². The Hall–Kier alpha value is -2.49. The summed E-state index contributed by atoms with van der Waals surface area (Å²) in [5.74, 6) is 0.747. The summed E-state index contributed by atoms with van der Waals surface area (Å²) < 4.78 is 6.03. The van der Waals surface area contributed by atoms with Gasteiger partial charge in [-0.05, 0) is 42.2 Å². The molecule has 1 atom stereocenters. The molecule has 2 aromatic carbocycles. The van der Waals surface area contributed by atoms with Gasteiger partial charge in [0.25, 0.3) is 5.91 Å². The lowest BCUT2D eigenvalue weighted by molar-refractivity contribution is -0.126. The third kappa shape index (κ3) is 3.09. The van der Waals surface area contributed by atoms with Gasteiger partial charge in [-0.1, -0.05) is 38.1 Å². The maximum absolute atomic E-state index is 13.0. The lowest BCUT2D eigenvalue weighted by Crippen LogP contribution is -2.47. The molecule has 1 aliphatic heterocycles. The van der Waals surface area contributed by atoms with Crippen molar-refractivity contribution in [3.63, 3.8) is 0 Å². The summed E-state index contributed by atoms with van der Waals surface area (Å²) in [6, 6.07) is 13.7. The summed E-state index contributed by atoms with van der Waals surface area (Å²) >= 11 is 0. The average molecular weight is 324 g/mol. The topological polar surface area (TPSA) is 55.6 Å². The SMILES string of the molecule is CCCN1C(=O)C(Cc2ccccc2CC)Oc2ccc(N)cc21. The Morgan fingerprint density at radius 3 is 2.58 bits per heavy atom. The largest absolute Gasteiger partial charge is 0.478 e. The van der Waals surface area contributed by atoms with Crippen LogP contribution in [-0.4, -0.2) is 18.6 Å². The van der Waals surface area contributed by atoms with Crippen LogP contribution < -0.4 is 15.4 Å². The summed E-state index contributed by atoms with van der Waals surface area (Å²) in [5, 5.41) is 0. The zero-order valence-corrected chi connectivity index (χ0v) is 14.3. The van der Waals surface area contributed by atoms with Gasteiger partial charge >= 0.3 is 0 Å². The molecular weight excluding hydrogens is 300 g/mol. The zero-order chi connectivity index (χ0) is 17.1. The molecule has 1 unspecified atom stereocenters. The van der Waals surface area contributed by atoms with Gasteiger partial charge in [-0.15, -0.1) is 0 Å². The first-order valence-corrected chi connectivity index (χ1v) is 8.58. The van der Waals surface area contributed by atoms with Crippen molar-refractivity contribution in [1.29, 1.82) is 0 Å². The molecule has 0 saturated heterocycles. The van der Waals surface area contributed by atoms with Crippen molar-refractivity contribution in [3.8, 4) is 5.75 Å². The van der Waals surface area contributed by atoms with Gasteiger partial charge in [0.1, 0.15) is 5.75 Å². The number of benzene rings is 2. The normalized spacial score (nSPS) is 16.7. The van der Waals surface area contributed by atoms with Gasteiger partial charge < -0.3 is 15.4 Å². The molecule has 0 radical (unpaired) electrons. The minimum atomic E-state index is -0.486. The molecule has 0 fully saturated rings. The Balaban J connectivity index is 1.93. The Kier molecular flexibility index (Phi) is 4.74. The van der Waals surface area contributed by atoms with Crippen molar-refractivity contribution in [2.45, 2.75) is 39.2 Å². The molecule has 1 aliphatic rings. The first-order chi connectivity index (χ1) is 11.6. The predicted octanol–water partition coefficient (Wildman–Crippen LogP) is 3.58. The molecule has 4 nitrogen and oxygen atoms in total. The average Bonchev–Trinajstić information content (AvgIpc) is 2.59. The van der Waals surface area contributed by atoms with E-state index >= 15 is 0 Å². The van der Waals surface area contributed by atoms with Crippen LogP contribution in [0.3, 0.4) is 0 Å². The third-order valence-corrected chi connectivity index (χ3v) is 4.44. The summed E-state index contributed by atoms with van der Waals surface area (Å²) in [6.45, 7) is 4.87. The molecule has 1 amide bonds. The van der Waals surface area contributed by atoms with Gasteiger partial charge in [0.2, 0.25) is 0 Å². The van der Waals surface area contributed by atoms with E-state index in [2.05, 4.69) is 26.0 Å². The van der Waals surface area contributed by atoms with Gasteiger partial charge in [0.05, 0.1) is 5.69 Å². The molecule has 0 aromatic heterocycles. The van der Waals surface area contributed by atoms with E-state index in [1.807, 2.05) is 35.2 Å². The molecule has 24 heavy (non-hydrogen) atoms. The number of ether oxygens (including phenoxy) is 1. The van der Waals surface area contributed by atoms with Gasteiger partial charge in [0, 0.05) is 18.7 Å². The number of carbonyl (C=O) groups is 1. The molecule has 2 N–H and O–H groups in total. The summed E-state index contributed by atoms with van der Waals surface area (Å²) in [4.78, 5) is 14.8. The fraction of sp³-hybridized carbons (Fsp3) is 0.350. The van der Waals surface area contributed by atoms with Crippen LogP contribution >= 0.6 is 0 Å². The van der Waals surface area contributed by atoms with E-state index < -0.39 is 6.10 Å². The van der Waals surface area contributed by atoms with Crippen molar-refractivity contribution >= 4 is 17.3 Å². The lowest BCUT2D eigenvalue weighted by Gasteiger charge is -2.34. The second-order valence-corrected chi connectivity index (χ2v) is 6.15. The molecule has 126 valence electrons. The van der Waals surface area contributed by atoms with Crippen molar-refractivity contribution in [1.82, 2.24) is 0 Å². The minimum Gasteiger partial charge on any atom is -0.478 e. The van der Waals surface area contributed by atoms with E-state index in [0.717, 1.165) is 24.3 Å². The molecule has 3 rings (SSSR count). The molecule has 0 saturated carbocycles. The van der Waals surface area contributed by atoms with Crippen LogP contribution in [0, 0.1) is 0 Å². The van der Waals surface area contributed by atoms with E-state index in [4.69, 9.17) is 10.5 Å². The molecule has 2 aromatic rings. The number of nitrogens with zero attached hydrogens (tertiary/aromatic N) is 1. The lowest BCUT2D eigenvalue weighted by atomic mass is 9.98. The van der Waals surface area contributed by atoms with Crippen LogP contribution in [0.25, 0.3) is 0 Å². The van der Waals surface area contributed by atoms with Gasteiger partial charge in [-0.25, -0.2) is 0 Å². The van der Waals surface area contributed by atoms with Crippen LogP contribution in [0.1, 0.15) is 31.4 Å². The number of nitrogens with two attached hydrogens (primary N) is 1. The standard InChI is InChI=1S/C20H24N2O2/c1-3-11-22-17-13-16(21)9-10-18(17)24-19(20(22)23)12-15-8-6-5-7-14(15)4-2/h5-10,13,19H,3-4,11-12,21H2,1-2H3. The van der Waals surface area contributed by atoms with Crippen LogP contribution in [0.5, 0.6) is 5.75 Å². The first-order valence-electron chi connectivity index (χ1n) is 8.58. The van der Waals surface area contributed by atoms with E-state index in [0.29, 0.717) is 18.7 Å². The monoisotopic (exact) mass is 324 g/mol. The van der Waals surface area contributed by atoms with Crippen LogP contribution in [-0.2, 0) is 17.6 Å². The molecular formula is C20H24N2O2. The van der Waals surface area contributed by atoms with Crippen molar-refractivity contribution in [2.24, 2.45) is 0 Å². The highest BCUT2D eigenvalue weighted by atomic mass is 16.5. The predicted molar refractivity (Wildman–Crippen MR) is 97.4 cm³/mol. The fourth-order valence-corrected chi connectivity index (χ4v) is 3.23. The van der Waals surface area contributed by atoms with Gasteiger partial charge in [-0.3, -0.25) is 4.79 Å². The fourth-order valence-electron chi connectivity index (χ4n) is 3.23. The maximum atomic E-state index is 13.0. The Labute approximate surface area is 143 Å². The summed E-state index contributed by atoms with van der Waals surface area (Å²) in [5.41, 5.74) is 9.75. The number of amides is 1. The molecule has 4 heteroatoms. The number of carbonyl (C=O) groups excluding carboxylic acids is 1. The van der Waals surface area contributed by atoms with E-state index in [9.17, 15) is 4.79 Å². The highest BCUT2D eigenvalue weighted by Crippen LogP contribution is 2.36. The molecule has 0 aliphatic carbocycles. The van der Waals surface area contributed by atoms with Crippen molar-refractivity contribution in [2.75, 3.05) is 17.2 Å². The van der Waals surface area contributed by atoms with Gasteiger partial charge in [0.15, 0.2) is 6.10 Å². The quantitative estimate of drug-likeness (QED) is 0.855. The second kappa shape index (κ2) is 6.95. The third-order valence-electron chi connectivity index (χ3n) is 4.44. The van der Waals surface area contributed by atoms with E-state index in [-0.39, 0.29) is 5.91 Å². The Morgan fingerprint density at radius 2 is 1.88 bits per heavy atom. The van der Waals surface area contributed by atoms with E-state index in [1.54, 1.807) is 0 Å². The Bertz CT molecular complexity index is 742. The highest BCUT2D eigenvalue weighted by Gasteiger charge is 2.34. The maximum Gasteiger partial charge on any atom is 0.268 e. The molecule has 1 heterocycles. The van der Waals surface area contributed by atoms with Gasteiger partial charge in [-0.2, -0.15) is 0 Å². The number of fused-ring (bicyclic) bond motifs is 1. The van der Waals surface area contributed by atoms with Crippen LogP contribution in [0.4, 0.5) is 11.4 Å². The van der Waals surface area contributed by atoms with Crippen LogP contribution in [0.2, 0.25) is 0 Å². The smallest absolute Gasteiger partial charge is 0.268 e. The van der Waals surface area contributed by atoms with Crippen molar-refractivity contribution < 1.29 is 9.53 Å². The first kappa shape index (κ1) is 16.4. The number of anilines is 2. The number of hydrogen-bond donors (Lipinski definition) is 1. The van der Waals surface area contributed by atoms with Crippen molar-refractivity contribution in [3.05, 3.63) is 53.6 Å². The number of rotatable bonds is 5.